The van der Waals surface area contributed by atoms with Gasteiger partial charge in [-0.1, -0.05) is 18.2 Å². The first-order chi connectivity index (χ1) is 10.8. The van der Waals surface area contributed by atoms with Crippen LogP contribution in [0.2, 0.25) is 0 Å². The quantitative estimate of drug-likeness (QED) is 0.599. The first-order valence-electron chi connectivity index (χ1n) is 6.36. The minimum absolute atomic E-state index is 0.101. The molecule has 0 aliphatic rings. The van der Waals surface area contributed by atoms with Crippen molar-refractivity contribution in [3.05, 3.63) is 53.6 Å². The average Bonchev–Trinajstić information content (AvgIpc) is 2.48. The summed E-state index contributed by atoms with van der Waals surface area (Å²) in [5.74, 6) is -0.101. The van der Waals surface area contributed by atoms with Crippen molar-refractivity contribution < 1.29 is 23.1 Å². The van der Waals surface area contributed by atoms with Gasteiger partial charge in [0, 0.05) is 5.56 Å². The van der Waals surface area contributed by atoms with Crippen LogP contribution in [0.25, 0.3) is 11.1 Å². The maximum absolute atomic E-state index is 12.5. The van der Waals surface area contributed by atoms with Gasteiger partial charge in [0.1, 0.15) is 5.75 Å². The number of alkyl halides is 3. The number of hydrazone groups is 1. The first kappa shape index (κ1) is 16.3. The minimum atomic E-state index is -4.40. The lowest BCUT2D eigenvalue weighted by Gasteiger charge is -2.08. The van der Waals surface area contributed by atoms with Crippen LogP contribution < -0.4 is 11.2 Å². The topological polar surface area (TPSA) is 87.7 Å². The van der Waals surface area contributed by atoms with Gasteiger partial charge >= 0.3 is 12.2 Å². The minimum Gasteiger partial charge on any atom is -0.507 e. The summed E-state index contributed by atoms with van der Waals surface area (Å²) in [5, 5.41) is 13.2. The third-order valence-electron chi connectivity index (χ3n) is 2.95. The summed E-state index contributed by atoms with van der Waals surface area (Å²) in [5.41, 5.74) is 7.47. The Morgan fingerprint density at radius 2 is 1.74 bits per heavy atom. The third-order valence-corrected chi connectivity index (χ3v) is 2.95. The lowest BCUT2D eigenvalue weighted by molar-refractivity contribution is -0.137. The Hall–Kier alpha value is -3.03. The Balaban J connectivity index is 2.30. The highest BCUT2D eigenvalue weighted by molar-refractivity contribution is 5.87. The molecule has 8 heteroatoms. The second kappa shape index (κ2) is 6.39. The van der Waals surface area contributed by atoms with E-state index in [0.29, 0.717) is 11.1 Å². The molecule has 0 atom stereocenters. The standard InChI is InChI=1S/C15H12F3N3O2/c16-15(17,18)12-4-1-9(2-5-12)10-3-6-13(22)11(7-10)8-20-21-14(19)23/h1-8,22H,(H3,19,21,23). The van der Waals surface area contributed by atoms with Crippen molar-refractivity contribution in [1.29, 1.82) is 0 Å². The second-order valence-corrected chi connectivity index (χ2v) is 4.58. The maximum atomic E-state index is 12.5. The highest BCUT2D eigenvalue weighted by Crippen LogP contribution is 2.31. The first-order valence-corrected chi connectivity index (χ1v) is 6.36. The molecule has 0 aliphatic heterocycles. The zero-order valence-corrected chi connectivity index (χ0v) is 11.6. The third kappa shape index (κ3) is 4.22. The number of rotatable bonds is 3. The van der Waals surface area contributed by atoms with Gasteiger partial charge in [0.2, 0.25) is 0 Å². The molecule has 2 amide bonds. The predicted molar refractivity (Wildman–Crippen MR) is 78.9 cm³/mol. The summed E-state index contributed by atoms with van der Waals surface area (Å²) >= 11 is 0. The van der Waals surface area contributed by atoms with E-state index in [9.17, 15) is 23.1 Å². The predicted octanol–water partition coefficient (Wildman–Crippen LogP) is 3.08. The van der Waals surface area contributed by atoms with Gasteiger partial charge < -0.3 is 10.8 Å². The van der Waals surface area contributed by atoms with Crippen molar-refractivity contribution >= 4 is 12.2 Å². The van der Waals surface area contributed by atoms with Crippen LogP contribution in [0.1, 0.15) is 11.1 Å². The van der Waals surface area contributed by atoms with E-state index in [2.05, 4.69) is 5.10 Å². The number of carbonyl (C=O) groups excluding carboxylic acids is 1. The highest BCUT2D eigenvalue weighted by Gasteiger charge is 2.29. The number of phenolic OH excluding ortho intramolecular Hbond substituents is 1. The lowest BCUT2D eigenvalue weighted by atomic mass is 10.0. The number of nitrogens with zero attached hydrogens (tertiary/aromatic N) is 1. The lowest BCUT2D eigenvalue weighted by Crippen LogP contribution is -2.24. The van der Waals surface area contributed by atoms with E-state index >= 15 is 0 Å². The van der Waals surface area contributed by atoms with Crippen LogP contribution >= 0.6 is 0 Å². The molecule has 0 aromatic heterocycles. The fourth-order valence-corrected chi connectivity index (χ4v) is 1.85. The molecule has 0 aliphatic carbocycles. The summed E-state index contributed by atoms with van der Waals surface area (Å²) in [6, 6.07) is 8.20. The molecule has 0 saturated carbocycles. The fourth-order valence-electron chi connectivity index (χ4n) is 1.85. The van der Waals surface area contributed by atoms with Crippen LogP contribution in [0.5, 0.6) is 5.75 Å². The van der Waals surface area contributed by atoms with Gasteiger partial charge in [-0.15, -0.1) is 0 Å². The molecule has 0 spiro atoms. The van der Waals surface area contributed by atoms with Crippen molar-refractivity contribution in [2.75, 3.05) is 0 Å². The van der Waals surface area contributed by atoms with E-state index in [1.54, 1.807) is 6.07 Å². The number of nitrogens with two attached hydrogens (primary N) is 1. The van der Waals surface area contributed by atoms with E-state index in [0.717, 1.165) is 12.1 Å². The number of hydrogen-bond donors (Lipinski definition) is 3. The van der Waals surface area contributed by atoms with Gasteiger partial charge in [-0.2, -0.15) is 18.3 Å². The van der Waals surface area contributed by atoms with Gasteiger partial charge in [-0.05, 0) is 35.4 Å². The molecule has 120 valence electrons. The zero-order valence-electron chi connectivity index (χ0n) is 11.6. The number of carbonyl (C=O) groups is 1. The molecule has 0 fully saturated rings. The monoisotopic (exact) mass is 323 g/mol. The van der Waals surface area contributed by atoms with Gasteiger partial charge in [-0.3, -0.25) is 0 Å². The van der Waals surface area contributed by atoms with E-state index in [4.69, 9.17) is 5.73 Å². The number of halogens is 3. The van der Waals surface area contributed by atoms with Crippen molar-refractivity contribution in [1.82, 2.24) is 5.43 Å². The molecule has 0 saturated heterocycles. The molecule has 5 nitrogen and oxygen atoms in total. The van der Waals surface area contributed by atoms with Crippen LogP contribution in [0, 0.1) is 0 Å². The number of primary amides is 1. The van der Waals surface area contributed by atoms with Gasteiger partial charge in [0.05, 0.1) is 11.8 Å². The molecule has 23 heavy (non-hydrogen) atoms. The summed E-state index contributed by atoms with van der Waals surface area (Å²) in [4.78, 5) is 10.5. The number of amides is 2. The molecule has 2 rings (SSSR count). The Bertz CT molecular complexity index is 741. The van der Waals surface area contributed by atoms with Crippen molar-refractivity contribution in [3.8, 4) is 16.9 Å². The summed E-state index contributed by atoms with van der Waals surface area (Å²) in [6.07, 6.45) is -3.22. The summed E-state index contributed by atoms with van der Waals surface area (Å²) in [7, 11) is 0. The molecule has 0 unspecified atom stereocenters. The van der Waals surface area contributed by atoms with Crippen LogP contribution in [0.15, 0.2) is 47.6 Å². The van der Waals surface area contributed by atoms with Crippen LogP contribution in [0.4, 0.5) is 18.0 Å². The number of phenols is 1. The van der Waals surface area contributed by atoms with Crippen LogP contribution in [-0.4, -0.2) is 17.4 Å². The van der Waals surface area contributed by atoms with Crippen molar-refractivity contribution in [2.24, 2.45) is 10.8 Å². The van der Waals surface area contributed by atoms with E-state index in [1.165, 1.54) is 30.5 Å². The Kier molecular flexibility index (Phi) is 4.54. The number of hydrogen-bond acceptors (Lipinski definition) is 3. The number of benzene rings is 2. The molecule has 0 bridgehead atoms. The zero-order chi connectivity index (χ0) is 17.0. The SMILES string of the molecule is NC(=O)NN=Cc1cc(-c2ccc(C(F)(F)F)cc2)ccc1O. The highest BCUT2D eigenvalue weighted by atomic mass is 19.4. The maximum Gasteiger partial charge on any atom is 0.416 e. The van der Waals surface area contributed by atoms with Crippen molar-refractivity contribution in [2.45, 2.75) is 6.18 Å². The number of urea groups is 1. The van der Waals surface area contributed by atoms with Gasteiger partial charge in [-0.25, -0.2) is 10.2 Å². The van der Waals surface area contributed by atoms with E-state index < -0.39 is 17.8 Å². The van der Waals surface area contributed by atoms with Crippen LogP contribution in [0.3, 0.4) is 0 Å². The Labute approximate surface area is 129 Å². The van der Waals surface area contributed by atoms with Crippen molar-refractivity contribution in [3.63, 3.8) is 0 Å². The molecule has 0 radical (unpaired) electrons. The Morgan fingerprint density at radius 1 is 1.13 bits per heavy atom. The molecule has 2 aromatic carbocycles. The average molecular weight is 323 g/mol. The molecular weight excluding hydrogens is 311 g/mol. The van der Waals surface area contributed by atoms with Crippen LogP contribution in [-0.2, 0) is 6.18 Å². The molecular formula is C15H12F3N3O2. The summed E-state index contributed by atoms with van der Waals surface area (Å²) in [6.45, 7) is 0. The largest absolute Gasteiger partial charge is 0.507 e. The number of nitrogens with one attached hydrogen (secondary N) is 1. The van der Waals surface area contributed by atoms with Gasteiger partial charge in [0.25, 0.3) is 0 Å². The van der Waals surface area contributed by atoms with E-state index in [1.807, 2.05) is 5.43 Å². The Morgan fingerprint density at radius 3 is 2.30 bits per heavy atom. The second-order valence-electron chi connectivity index (χ2n) is 4.58. The van der Waals surface area contributed by atoms with Gasteiger partial charge in [0.15, 0.2) is 0 Å². The summed E-state index contributed by atoms with van der Waals surface area (Å²) < 4.78 is 37.6. The molecule has 2 aromatic rings. The normalized spacial score (nSPS) is 11.6. The fraction of sp³-hybridized carbons (Fsp3) is 0.0667. The molecule has 4 N–H and O–H groups in total. The van der Waals surface area contributed by atoms with E-state index in [-0.39, 0.29) is 11.3 Å². The smallest absolute Gasteiger partial charge is 0.416 e. The molecule has 0 heterocycles. The number of aromatic hydroxyl groups is 1.